The summed E-state index contributed by atoms with van der Waals surface area (Å²) in [6.45, 7) is 0.361. The Kier molecular flexibility index (Phi) is 4.42. The topological polar surface area (TPSA) is 59.8 Å². The number of nitrogens with one attached hydrogen (secondary N) is 1. The first-order valence-corrected chi connectivity index (χ1v) is 7.87. The highest BCUT2D eigenvalue weighted by Crippen LogP contribution is 2.30. The summed E-state index contributed by atoms with van der Waals surface area (Å²) in [7, 11) is 0. The van der Waals surface area contributed by atoms with E-state index in [2.05, 4.69) is 15.3 Å². The molecule has 0 bridgehead atoms. The van der Waals surface area contributed by atoms with Crippen molar-refractivity contribution in [1.29, 1.82) is 0 Å². The van der Waals surface area contributed by atoms with E-state index in [1.54, 1.807) is 29.4 Å². The van der Waals surface area contributed by atoms with Gasteiger partial charge in [0, 0.05) is 25.1 Å². The number of carbonyl (C=O) groups is 1. The number of halogens is 2. The van der Waals surface area contributed by atoms with Gasteiger partial charge in [0.25, 0.3) is 5.91 Å². The number of amides is 1. The van der Waals surface area contributed by atoms with Crippen molar-refractivity contribution in [3.8, 4) is 5.82 Å². The maximum absolute atomic E-state index is 12.0. The summed E-state index contributed by atoms with van der Waals surface area (Å²) >= 11 is 13.0. The zero-order valence-electron chi connectivity index (χ0n) is 11.2. The zero-order chi connectivity index (χ0) is 15.5. The minimum absolute atomic E-state index is 0.258. The van der Waals surface area contributed by atoms with Crippen molar-refractivity contribution >= 4 is 40.4 Å². The van der Waals surface area contributed by atoms with Crippen LogP contribution in [0.2, 0.25) is 8.67 Å². The second-order valence-corrected chi connectivity index (χ2v) is 6.70. The Morgan fingerprint density at radius 3 is 2.82 bits per heavy atom. The van der Waals surface area contributed by atoms with Crippen LogP contribution in [0, 0.1) is 0 Å². The molecule has 0 radical (unpaired) electrons. The SMILES string of the molecule is O=C(NCc1ccc(-n2ccnc2)nc1)c1cc(Cl)sc1Cl. The Hall–Kier alpha value is -1.89. The number of pyridine rings is 1. The minimum Gasteiger partial charge on any atom is -0.348 e. The van der Waals surface area contributed by atoms with Crippen LogP contribution in [-0.4, -0.2) is 20.4 Å². The molecule has 0 aliphatic carbocycles. The molecule has 0 aliphatic heterocycles. The van der Waals surface area contributed by atoms with Crippen LogP contribution in [0.1, 0.15) is 15.9 Å². The molecule has 3 heterocycles. The predicted molar refractivity (Wildman–Crippen MR) is 86.9 cm³/mol. The van der Waals surface area contributed by atoms with E-state index in [0.717, 1.165) is 11.4 Å². The molecule has 5 nitrogen and oxygen atoms in total. The maximum Gasteiger partial charge on any atom is 0.253 e. The Labute approximate surface area is 140 Å². The molecule has 0 saturated carbocycles. The van der Waals surface area contributed by atoms with Crippen molar-refractivity contribution in [1.82, 2.24) is 19.9 Å². The first kappa shape index (κ1) is 15.0. The molecule has 0 unspecified atom stereocenters. The van der Waals surface area contributed by atoms with E-state index in [1.165, 1.54) is 11.3 Å². The average Bonchev–Trinajstić information content (AvgIpc) is 3.15. The van der Waals surface area contributed by atoms with Crippen molar-refractivity contribution < 1.29 is 4.79 Å². The number of imidazole rings is 1. The van der Waals surface area contributed by atoms with Crippen LogP contribution in [0.25, 0.3) is 5.82 Å². The number of thiophene rings is 1. The number of carbonyl (C=O) groups excluding carboxylic acids is 1. The molecule has 3 aromatic rings. The van der Waals surface area contributed by atoms with Gasteiger partial charge in [0.2, 0.25) is 0 Å². The molecular weight excluding hydrogens is 343 g/mol. The van der Waals surface area contributed by atoms with E-state index in [4.69, 9.17) is 23.2 Å². The fourth-order valence-corrected chi connectivity index (χ4v) is 3.30. The van der Waals surface area contributed by atoms with E-state index in [9.17, 15) is 4.79 Å². The zero-order valence-corrected chi connectivity index (χ0v) is 13.5. The van der Waals surface area contributed by atoms with Crippen LogP contribution in [0.15, 0.2) is 43.1 Å². The van der Waals surface area contributed by atoms with Crippen LogP contribution in [0.4, 0.5) is 0 Å². The highest BCUT2D eigenvalue weighted by Gasteiger charge is 2.13. The number of aromatic nitrogens is 3. The highest BCUT2D eigenvalue weighted by atomic mass is 35.5. The summed E-state index contributed by atoms with van der Waals surface area (Å²) in [5.41, 5.74) is 1.27. The Bertz CT molecular complexity index is 784. The van der Waals surface area contributed by atoms with Crippen LogP contribution in [0.5, 0.6) is 0 Å². The Morgan fingerprint density at radius 1 is 1.36 bits per heavy atom. The van der Waals surface area contributed by atoms with Crippen molar-refractivity contribution in [2.45, 2.75) is 6.54 Å². The van der Waals surface area contributed by atoms with E-state index in [-0.39, 0.29) is 5.91 Å². The third kappa shape index (κ3) is 3.30. The fourth-order valence-electron chi connectivity index (χ4n) is 1.84. The van der Waals surface area contributed by atoms with Crippen LogP contribution in [-0.2, 0) is 6.54 Å². The molecule has 0 aliphatic rings. The van der Waals surface area contributed by atoms with Gasteiger partial charge >= 0.3 is 0 Å². The summed E-state index contributed by atoms with van der Waals surface area (Å²) in [4.78, 5) is 20.3. The second-order valence-electron chi connectivity index (χ2n) is 4.42. The molecule has 0 aromatic carbocycles. The lowest BCUT2D eigenvalue weighted by molar-refractivity contribution is 0.0951. The van der Waals surface area contributed by atoms with E-state index in [1.807, 2.05) is 18.3 Å². The van der Waals surface area contributed by atoms with Crippen molar-refractivity contribution in [3.63, 3.8) is 0 Å². The summed E-state index contributed by atoms with van der Waals surface area (Å²) in [6, 6.07) is 5.31. The molecule has 22 heavy (non-hydrogen) atoms. The third-order valence-corrected chi connectivity index (χ3v) is 4.42. The van der Waals surface area contributed by atoms with Crippen molar-refractivity contribution in [2.75, 3.05) is 0 Å². The fraction of sp³-hybridized carbons (Fsp3) is 0.0714. The van der Waals surface area contributed by atoms with E-state index in [0.29, 0.717) is 20.8 Å². The molecular formula is C14H10Cl2N4OS. The van der Waals surface area contributed by atoms with Gasteiger partial charge in [0.15, 0.2) is 0 Å². The smallest absolute Gasteiger partial charge is 0.253 e. The molecule has 1 N–H and O–H groups in total. The number of hydrogen-bond acceptors (Lipinski definition) is 4. The van der Waals surface area contributed by atoms with E-state index >= 15 is 0 Å². The van der Waals surface area contributed by atoms with Gasteiger partial charge in [-0.2, -0.15) is 0 Å². The molecule has 8 heteroatoms. The molecule has 0 atom stereocenters. The third-order valence-electron chi connectivity index (χ3n) is 2.93. The van der Waals surface area contributed by atoms with Gasteiger partial charge in [-0.15, -0.1) is 11.3 Å². The minimum atomic E-state index is -0.258. The lowest BCUT2D eigenvalue weighted by atomic mass is 10.2. The van der Waals surface area contributed by atoms with Gasteiger partial charge in [0.05, 0.1) is 9.90 Å². The second kappa shape index (κ2) is 6.48. The molecule has 3 aromatic heterocycles. The Balaban J connectivity index is 1.64. The Morgan fingerprint density at radius 2 is 2.23 bits per heavy atom. The number of rotatable bonds is 4. The predicted octanol–water partition coefficient (Wildman–Crippen LogP) is 3.57. The lowest BCUT2D eigenvalue weighted by Gasteiger charge is -2.06. The van der Waals surface area contributed by atoms with Gasteiger partial charge in [-0.3, -0.25) is 9.36 Å². The quantitative estimate of drug-likeness (QED) is 0.780. The molecule has 0 spiro atoms. The molecule has 0 fully saturated rings. The summed E-state index contributed by atoms with van der Waals surface area (Å²) < 4.78 is 2.67. The first-order valence-electron chi connectivity index (χ1n) is 6.30. The normalized spacial score (nSPS) is 10.6. The van der Waals surface area contributed by atoms with Gasteiger partial charge in [0.1, 0.15) is 16.5 Å². The van der Waals surface area contributed by atoms with Crippen molar-refractivity contribution in [2.24, 2.45) is 0 Å². The molecule has 3 rings (SSSR count). The van der Waals surface area contributed by atoms with Crippen LogP contribution in [0.3, 0.4) is 0 Å². The van der Waals surface area contributed by atoms with Gasteiger partial charge in [-0.1, -0.05) is 29.3 Å². The summed E-state index contributed by atoms with van der Waals surface area (Å²) in [5, 5.41) is 2.79. The summed E-state index contributed by atoms with van der Waals surface area (Å²) in [5.74, 6) is 0.507. The van der Waals surface area contributed by atoms with Crippen molar-refractivity contribution in [3.05, 3.63) is 62.9 Å². The van der Waals surface area contributed by atoms with Gasteiger partial charge < -0.3 is 5.32 Å². The first-order chi connectivity index (χ1) is 10.6. The maximum atomic E-state index is 12.0. The van der Waals surface area contributed by atoms with Crippen LogP contribution >= 0.6 is 34.5 Å². The van der Waals surface area contributed by atoms with Gasteiger partial charge in [-0.25, -0.2) is 9.97 Å². The highest BCUT2D eigenvalue weighted by molar-refractivity contribution is 7.20. The standard InChI is InChI=1S/C14H10Cl2N4OS/c15-11-5-10(13(16)22-11)14(21)19-7-9-1-2-12(18-6-9)20-4-3-17-8-20/h1-6,8H,7H2,(H,19,21). The largest absolute Gasteiger partial charge is 0.348 e. The molecule has 1 amide bonds. The lowest BCUT2D eigenvalue weighted by Crippen LogP contribution is -2.22. The molecule has 112 valence electrons. The van der Waals surface area contributed by atoms with Crippen LogP contribution < -0.4 is 5.32 Å². The average molecular weight is 353 g/mol. The molecule has 0 saturated heterocycles. The summed E-state index contributed by atoms with van der Waals surface area (Å²) in [6.07, 6.45) is 6.88. The monoisotopic (exact) mass is 352 g/mol. The number of nitrogens with zero attached hydrogens (tertiary/aromatic N) is 3. The number of hydrogen-bond donors (Lipinski definition) is 1. The van der Waals surface area contributed by atoms with E-state index < -0.39 is 0 Å². The van der Waals surface area contributed by atoms with Gasteiger partial charge in [-0.05, 0) is 17.7 Å².